The summed E-state index contributed by atoms with van der Waals surface area (Å²) in [5, 5.41) is 6.00. The number of nitrogens with zero attached hydrogens (tertiary/aromatic N) is 1. The fraction of sp³-hybridized carbons (Fsp3) is 0.333. The van der Waals surface area contributed by atoms with E-state index in [-0.39, 0.29) is 18.4 Å². The largest absolute Gasteiger partial charge is 0.376 e. The number of carbonyl (C=O) groups excluding carboxylic acids is 2. The Labute approximate surface area is 155 Å². The Hall–Kier alpha value is -2.82. The lowest BCUT2D eigenvalue weighted by Gasteiger charge is -2.18. The molecule has 5 heteroatoms. The third-order valence-electron chi connectivity index (χ3n) is 4.30. The Kier molecular flexibility index (Phi) is 6.78. The van der Waals surface area contributed by atoms with Crippen LogP contribution in [0.4, 0.5) is 11.4 Å². The van der Waals surface area contributed by atoms with Crippen molar-refractivity contribution in [1.82, 2.24) is 4.90 Å². The molecule has 0 unspecified atom stereocenters. The van der Waals surface area contributed by atoms with Gasteiger partial charge in [0.25, 0.3) is 5.91 Å². The van der Waals surface area contributed by atoms with Gasteiger partial charge < -0.3 is 15.5 Å². The van der Waals surface area contributed by atoms with Crippen LogP contribution in [-0.2, 0) is 4.79 Å². The summed E-state index contributed by atoms with van der Waals surface area (Å²) in [6.45, 7) is 9.43. The predicted octanol–water partition coefficient (Wildman–Crippen LogP) is 3.84. The highest BCUT2D eigenvalue weighted by atomic mass is 16.2. The van der Waals surface area contributed by atoms with E-state index in [2.05, 4.69) is 10.6 Å². The molecule has 138 valence electrons. The Morgan fingerprint density at radius 2 is 1.62 bits per heavy atom. The maximum atomic E-state index is 12.3. The topological polar surface area (TPSA) is 61.4 Å². The lowest BCUT2D eigenvalue weighted by Crippen LogP contribution is -2.30. The van der Waals surface area contributed by atoms with Crippen LogP contribution in [0.5, 0.6) is 0 Å². The summed E-state index contributed by atoms with van der Waals surface area (Å²) in [5.41, 5.74) is 4.42. The second-order valence-corrected chi connectivity index (χ2v) is 6.27. The molecule has 0 heterocycles. The summed E-state index contributed by atoms with van der Waals surface area (Å²) in [4.78, 5) is 26.2. The Morgan fingerprint density at radius 1 is 0.962 bits per heavy atom. The molecule has 0 aliphatic heterocycles. The van der Waals surface area contributed by atoms with Gasteiger partial charge in [-0.15, -0.1) is 0 Å². The highest BCUT2D eigenvalue weighted by Gasteiger charge is 2.12. The second kappa shape index (κ2) is 9.04. The van der Waals surface area contributed by atoms with Gasteiger partial charge in [0, 0.05) is 30.0 Å². The van der Waals surface area contributed by atoms with Crippen LogP contribution in [-0.4, -0.2) is 36.3 Å². The van der Waals surface area contributed by atoms with Crippen molar-refractivity contribution in [3.63, 3.8) is 0 Å². The third kappa shape index (κ3) is 5.09. The third-order valence-corrected chi connectivity index (χ3v) is 4.30. The summed E-state index contributed by atoms with van der Waals surface area (Å²) in [5.74, 6) is -0.0868. The van der Waals surface area contributed by atoms with E-state index in [1.54, 1.807) is 17.0 Å². The molecule has 0 saturated carbocycles. The lowest BCUT2D eigenvalue weighted by atomic mass is 10.1. The quantitative estimate of drug-likeness (QED) is 0.795. The van der Waals surface area contributed by atoms with Crippen molar-refractivity contribution in [1.29, 1.82) is 0 Å². The maximum absolute atomic E-state index is 12.3. The van der Waals surface area contributed by atoms with Gasteiger partial charge in [-0.2, -0.15) is 0 Å². The molecule has 0 bridgehead atoms. The van der Waals surface area contributed by atoms with Gasteiger partial charge in [-0.25, -0.2) is 0 Å². The normalized spacial score (nSPS) is 10.3. The molecule has 0 atom stereocenters. The van der Waals surface area contributed by atoms with Crippen molar-refractivity contribution in [3.8, 4) is 0 Å². The van der Waals surface area contributed by atoms with Gasteiger partial charge in [0.1, 0.15) is 0 Å². The van der Waals surface area contributed by atoms with Crippen LogP contribution in [0.2, 0.25) is 0 Å². The van der Waals surface area contributed by atoms with Gasteiger partial charge in [-0.05, 0) is 69.2 Å². The molecule has 0 fully saturated rings. The van der Waals surface area contributed by atoms with Crippen LogP contribution in [0.1, 0.15) is 35.3 Å². The summed E-state index contributed by atoms with van der Waals surface area (Å²) < 4.78 is 0. The summed E-state index contributed by atoms with van der Waals surface area (Å²) in [6.07, 6.45) is 0. The molecular weight excluding hydrogens is 326 g/mol. The van der Waals surface area contributed by atoms with Gasteiger partial charge in [-0.1, -0.05) is 12.1 Å². The first-order valence-electron chi connectivity index (χ1n) is 8.95. The van der Waals surface area contributed by atoms with Crippen LogP contribution < -0.4 is 10.6 Å². The zero-order valence-corrected chi connectivity index (χ0v) is 15.9. The van der Waals surface area contributed by atoms with Crippen molar-refractivity contribution in [2.75, 3.05) is 30.3 Å². The molecule has 2 aromatic carbocycles. The Balaban J connectivity index is 1.92. The number of anilines is 2. The number of carbonyl (C=O) groups is 2. The minimum absolute atomic E-state index is 0.0224. The molecule has 26 heavy (non-hydrogen) atoms. The van der Waals surface area contributed by atoms with Crippen LogP contribution in [0.3, 0.4) is 0 Å². The number of rotatable bonds is 7. The van der Waals surface area contributed by atoms with Gasteiger partial charge in [0.2, 0.25) is 5.91 Å². The molecule has 2 amide bonds. The fourth-order valence-corrected chi connectivity index (χ4v) is 2.67. The molecule has 0 aromatic heterocycles. The number of benzene rings is 2. The maximum Gasteiger partial charge on any atom is 0.253 e. The Bertz CT molecular complexity index is 765. The van der Waals surface area contributed by atoms with Crippen molar-refractivity contribution in [2.24, 2.45) is 0 Å². The van der Waals surface area contributed by atoms with E-state index in [0.29, 0.717) is 18.7 Å². The van der Waals surface area contributed by atoms with Crippen LogP contribution in [0.15, 0.2) is 42.5 Å². The van der Waals surface area contributed by atoms with E-state index >= 15 is 0 Å². The monoisotopic (exact) mass is 353 g/mol. The van der Waals surface area contributed by atoms with Crippen LogP contribution in [0.25, 0.3) is 0 Å². The number of amides is 2. The SMILES string of the molecule is CCN(CC)C(=O)c1ccc(NCC(=O)Nc2cc(C)ccc2C)cc1. The first-order chi connectivity index (χ1) is 12.4. The van der Waals surface area contributed by atoms with Gasteiger partial charge in [0.05, 0.1) is 6.54 Å². The molecule has 0 spiro atoms. The Morgan fingerprint density at radius 3 is 2.23 bits per heavy atom. The van der Waals surface area contributed by atoms with E-state index < -0.39 is 0 Å². The van der Waals surface area contributed by atoms with E-state index in [1.165, 1.54) is 0 Å². The number of hydrogen-bond donors (Lipinski definition) is 2. The molecule has 0 aliphatic rings. The van der Waals surface area contributed by atoms with Crippen molar-refractivity contribution >= 4 is 23.2 Å². The number of nitrogens with one attached hydrogen (secondary N) is 2. The highest BCUT2D eigenvalue weighted by Crippen LogP contribution is 2.16. The molecule has 0 radical (unpaired) electrons. The standard InChI is InChI=1S/C21H27N3O2/c1-5-24(6-2)21(26)17-9-11-18(12-10-17)22-14-20(25)23-19-13-15(3)7-8-16(19)4/h7-13,22H,5-6,14H2,1-4H3,(H,23,25). The van der Waals surface area contributed by atoms with E-state index in [1.807, 2.05) is 58.0 Å². The summed E-state index contributed by atoms with van der Waals surface area (Å²) in [6, 6.07) is 13.2. The number of hydrogen-bond acceptors (Lipinski definition) is 3. The van der Waals surface area contributed by atoms with Gasteiger partial charge in [-0.3, -0.25) is 9.59 Å². The average molecular weight is 353 g/mol. The smallest absolute Gasteiger partial charge is 0.253 e. The molecule has 5 nitrogen and oxygen atoms in total. The molecule has 2 rings (SSSR count). The zero-order chi connectivity index (χ0) is 19.1. The fourth-order valence-electron chi connectivity index (χ4n) is 2.67. The molecule has 0 saturated heterocycles. The average Bonchev–Trinajstić information content (AvgIpc) is 2.64. The first kappa shape index (κ1) is 19.5. The minimum Gasteiger partial charge on any atom is -0.376 e. The molecule has 0 aliphatic carbocycles. The number of aryl methyl sites for hydroxylation is 2. The molecule has 2 N–H and O–H groups in total. The molecular formula is C21H27N3O2. The summed E-state index contributed by atoms with van der Waals surface area (Å²) in [7, 11) is 0. The van der Waals surface area contributed by atoms with Gasteiger partial charge in [0.15, 0.2) is 0 Å². The first-order valence-corrected chi connectivity index (χ1v) is 8.95. The van der Waals surface area contributed by atoms with Gasteiger partial charge >= 0.3 is 0 Å². The highest BCUT2D eigenvalue weighted by molar-refractivity contribution is 5.95. The minimum atomic E-state index is -0.109. The van der Waals surface area contributed by atoms with Crippen molar-refractivity contribution in [2.45, 2.75) is 27.7 Å². The predicted molar refractivity (Wildman–Crippen MR) is 107 cm³/mol. The zero-order valence-electron chi connectivity index (χ0n) is 15.9. The van der Waals surface area contributed by atoms with Crippen LogP contribution >= 0.6 is 0 Å². The van der Waals surface area contributed by atoms with Crippen LogP contribution in [0, 0.1) is 13.8 Å². The van der Waals surface area contributed by atoms with E-state index in [0.717, 1.165) is 22.5 Å². The van der Waals surface area contributed by atoms with Crippen molar-refractivity contribution in [3.05, 3.63) is 59.2 Å². The van der Waals surface area contributed by atoms with Crippen molar-refractivity contribution < 1.29 is 9.59 Å². The lowest BCUT2D eigenvalue weighted by molar-refractivity contribution is -0.114. The molecule has 2 aromatic rings. The second-order valence-electron chi connectivity index (χ2n) is 6.27. The van der Waals surface area contributed by atoms with E-state index in [4.69, 9.17) is 0 Å². The van der Waals surface area contributed by atoms with E-state index in [9.17, 15) is 9.59 Å². The summed E-state index contributed by atoms with van der Waals surface area (Å²) >= 11 is 0.